The van der Waals surface area contributed by atoms with Gasteiger partial charge in [0.1, 0.15) is 5.75 Å². The molecule has 0 amide bonds. The van der Waals surface area contributed by atoms with Gasteiger partial charge in [-0.15, -0.1) is 10.2 Å². The molecule has 7 nitrogen and oxygen atoms in total. The number of sulfonamides is 1. The zero-order valence-electron chi connectivity index (χ0n) is 17.8. The highest BCUT2D eigenvalue weighted by Gasteiger charge is 2.38. The van der Waals surface area contributed by atoms with Gasteiger partial charge in [0.2, 0.25) is 16.0 Å². The van der Waals surface area contributed by atoms with Crippen molar-refractivity contribution in [1.29, 1.82) is 0 Å². The second-order valence-electron chi connectivity index (χ2n) is 9.46. The summed E-state index contributed by atoms with van der Waals surface area (Å²) in [4.78, 5) is 0. The Kier molecular flexibility index (Phi) is 5.25. The Bertz CT molecular complexity index is 995. The lowest BCUT2D eigenvalue weighted by Gasteiger charge is -2.43. The third-order valence-electron chi connectivity index (χ3n) is 6.69. The first-order valence-electron chi connectivity index (χ1n) is 10.7. The van der Waals surface area contributed by atoms with Crippen LogP contribution in [0.2, 0.25) is 0 Å². The Morgan fingerprint density at radius 2 is 2.03 bits per heavy atom. The molecule has 2 aliphatic carbocycles. The molecule has 2 aromatic rings. The fraction of sp³-hybridized carbons (Fsp3) is 0.714. The van der Waals surface area contributed by atoms with Gasteiger partial charge in [-0.05, 0) is 48.9 Å². The van der Waals surface area contributed by atoms with Gasteiger partial charge >= 0.3 is 0 Å². The normalized spacial score (nSPS) is 24.6. The average Bonchev–Trinajstić information content (AvgIpc) is 3.40. The summed E-state index contributed by atoms with van der Waals surface area (Å²) in [5.74, 6) is 2.79. The molecule has 0 spiro atoms. The van der Waals surface area contributed by atoms with Crippen LogP contribution in [0, 0.1) is 17.3 Å². The van der Waals surface area contributed by atoms with E-state index >= 15 is 0 Å². The van der Waals surface area contributed by atoms with Gasteiger partial charge in [0.15, 0.2) is 5.65 Å². The van der Waals surface area contributed by atoms with Gasteiger partial charge in [-0.25, -0.2) is 8.42 Å². The van der Waals surface area contributed by atoms with Crippen LogP contribution in [0.15, 0.2) is 12.3 Å². The lowest BCUT2D eigenvalue weighted by atomic mass is 9.63. The standard InChI is InChI=1S/C21H32N4O3S/c1-5-17-15(7-6-10-21(17,2)3)13-28-18-11-19-22-23-20(24-29(4,26)27)25(19)12-16(18)14-8-9-14/h11-12,14-15,17H,5-10,13H2,1-4H3,(H,23,24)/t15-,17+/m1/s1. The van der Waals surface area contributed by atoms with Crippen molar-refractivity contribution in [1.82, 2.24) is 14.6 Å². The van der Waals surface area contributed by atoms with Gasteiger partial charge in [-0.2, -0.15) is 0 Å². The Labute approximate surface area is 173 Å². The van der Waals surface area contributed by atoms with Gasteiger partial charge in [-0.1, -0.05) is 33.6 Å². The minimum Gasteiger partial charge on any atom is -0.493 e. The lowest BCUT2D eigenvalue weighted by Crippen LogP contribution is -2.37. The predicted octanol–water partition coefficient (Wildman–Crippen LogP) is 4.21. The van der Waals surface area contributed by atoms with Gasteiger partial charge < -0.3 is 4.74 Å². The van der Waals surface area contributed by atoms with Crippen LogP contribution in [0.3, 0.4) is 0 Å². The van der Waals surface area contributed by atoms with E-state index in [1.54, 1.807) is 4.40 Å². The van der Waals surface area contributed by atoms with Crippen molar-refractivity contribution >= 4 is 21.6 Å². The first-order valence-corrected chi connectivity index (χ1v) is 12.6. The summed E-state index contributed by atoms with van der Waals surface area (Å²) in [6, 6.07) is 1.91. The molecule has 29 heavy (non-hydrogen) atoms. The number of rotatable bonds is 7. The summed E-state index contributed by atoms with van der Waals surface area (Å²) < 4.78 is 33.8. The molecule has 0 aromatic carbocycles. The quantitative estimate of drug-likeness (QED) is 0.725. The van der Waals surface area contributed by atoms with Gasteiger partial charge in [0.25, 0.3) is 0 Å². The summed E-state index contributed by atoms with van der Waals surface area (Å²) in [7, 11) is -3.42. The van der Waals surface area contributed by atoms with Crippen molar-refractivity contribution in [3.63, 3.8) is 0 Å². The second-order valence-corrected chi connectivity index (χ2v) is 11.2. The molecule has 4 rings (SSSR count). The van der Waals surface area contributed by atoms with E-state index < -0.39 is 10.0 Å². The molecule has 1 N–H and O–H groups in total. The molecule has 2 saturated carbocycles. The van der Waals surface area contributed by atoms with E-state index in [-0.39, 0.29) is 5.95 Å². The number of hydrogen-bond acceptors (Lipinski definition) is 5. The van der Waals surface area contributed by atoms with Crippen LogP contribution < -0.4 is 9.46 Å². The zero-order chi connectivity index (χ0) is 20.8. The molecule has 2 fully saturated rings. The van der Waals surface area contributed by atoms with Crippen molar-refractivity contribution < 1.29 is 13.2 Å². The van der Waals surface area contributed by atoms with Crippen molar-refractivity contribution in [2.24, 2.45) is 17.3 Å². The van der Waals surface area contributed by atoms with Gasteiger partial charge in [-0.3, -0.25) is 9.12 Å². The van der Waals surface area contributed by atoms with Crippen LogP contribution in [-0.2, 0) is 10.0 Å². The third-order valence-corrected chi connectivity index (χ3v) is 7.24. The molecule has 2 aromatic heterocycles. The van der Waals surface area contributed by atoms with E-state index in [1.165, 1.54) is 25.7 Å². The second kappa shape index (κ2) is 7.45. The Morgan fingerprint density at radius 1 is 1.28 bits per heavy atom. The minimum atomic E-state index is -3.42. The monoisotopic (exact) mass is 420 g/mol. The van der Waals surface area contributed by atoms with E-state index in [1.807, 2.05) is 12.3 Å². The molecule has 2 atom stereocenters. The summed E-state index contributed by atoms with van der Waals surface area (Å²) in [5, 5.41) is 8.14. The molecular formula is C21H32N4O3S. The number of nitrogens with one attached hydrogen (secondary N) is 1. The number of anilines is 1. The Morgan fingerprint density at radius 3 is 2.69 bits per heavy atom. The minimum absolute atomic E-state index is 0.219. The smallest absolute Gasteiger partial charge is 0.242 e. The largest absolute Gasteiger partial charge is 0.493 e. The molecular weight excluding hydrogens is 388 g/mol. The summed E-state index contributed by atoms with van der Waals surface area (Å²) in [5.41, 5.74) is 2.08. The molecule has 0 aliphatic heterocycles. The van der Waals surface area contributed by atoms with Crippen molar-refractivity contribution in [3.05, 3.63) is 17.8 Å². The molecule has 2 heterocycles. The number of pyridine rings is 1. The fourth-order valence-electron chi connectivity index (χ4n) is 5.12. The van der Waals surface area contributed by atoms with Gasteiger partial charge in [0.05, 0.1) is 12.9 Å². The first-order chi connectivity index (χ1) is 13.7. The van der Waals surface area contributed by atoms with E-state index in [0.29, 0.717) is 28.8 Å². The summed E-state index contributed by atoms with van der Waals surface area (Å²) in [6.07, 6.45) is 10.3. The fourth-order valence-corrected chi connectivity index (χ4v) is 5.59. The number of hydrogen-bond donors (Lipinski definition) is 1. The van der Waals surface area contributed by atoms with Crippen LogP contribution in [0.25, 0.3) is 5.65 Å². The van der Waals surface area contributed by atoms with Crippen molar-refractivity contribution in [2.75, 3.05) is 17.6 Å². The molecule has 0 saturated heterocycles. The molecule has 2 aliphatic rings. The highest BCUT2D eigenvalue weighted by atomic mass is 32.2. The molecule has 0 radical (unpaired) electrons. The predicted molar refractivity (Wildman–Crippen MR) is 114 cm³/mol. The van der Waals surface area contributed by atoms with Crippen LogP contribution >= 0.6 is 0 Å². The van der Waals surface area contributed by atoms with Crippen molar-refractivity contribution in [2.45, 2.75) is 65.2 Å². The van der Waals surface area contributed by atoms with Crippen LogP contribution in [-0.4, -0.2) is 35.9 Å². The van der Waals surface area contributed by atoms with E-state index in [4.69, 9.17) is 4.74 Å². The molecule has 0 bridgehead atoms. The highest BCUT2D eigenvalue weighted by molar-refractivity contribution is 7.91. The highest BCUT2D eigenvalue weighted by Crippen LogP contribution is 2.47. The molecule has 8 heteroatoms. The van der Waals surface area contributed by atoms with Crippen LogP contribution in [0.4, 0.5) is 5.95 Å². The third kappa shape index (κ3) is 4.37. The topological polar surface area (TPSA) is 85.6 Å². The Balaban J connectivity index is 1.59. The average molecular weight is 421 g/mol. The zero-order valence-corrected chi connectivity index (χ0v) is 18.6. The van der Waals surface area contributed by atoms with E-state index in [9.17, 15) is 8.42 Å². The van der Waals surface area contributed by atoms with E-state index in [0.717, 1.165) is 37.0 Å². The Hall–Kier alpha value is -1.83. The molecule has 0 unspecified atom stereocenters. The maximum Gasteiger partial charge on any atom is 0.242 e. The number of aromatic nitrogens is 3. The van der Waals surface area contributed by atoms with Crippen LogP contribution in [0.1, 0.15) is 70.8 Å². The summed E-state index contributed by atoms with van der Waals surface area (Å²) >= 11 is 0. The number of ether oxygens (including phenoxy) is 1. The van der Waals surface area contributed by atoms with Crippen LogP contribution in [0.5, 0.6) is 5.75 Å². The number of fused-ring (bicyclic) bond motifs is 1. The summed E-state index contributed by atoms with van der Waals surface area (Å²) in [6.45, 7) is 7.79. The number of nitrogens with zero attached hydrogens (tertiary/aromatic N) is 3. The van der Waals surface area contributed by atoms with Crippen molar-refractivity contribution in [3.8, 4) is 5.75 Å². The molecule has 160 valence electrons. The first kappa shape index (κ1) is 20.4. The SMILES string of the molecule is CC[C@H]1[C@@H](COc2cc3nnc(NS(C)(=O)=O)n3cc2C2CC2)CCCC1(C)C. The lowest BCUT2D eigenvalue weighted by molar-refractivity contribution is 0.0414. The van der Waals surface area contributed by atoms with Gasteiger partial charge in [0, 0.05) is 17.8 Å². The van der Waals surface area contributed by atoms with E-state index in [2.05, 4.69) is 35.7 Å². The maximum atomic E-state index is 11.6. The maximum absolute atomic E-state index is 11.6.